The Balaban J connectivity index is 3.88. The van der Waals surface area contributed by atoms with Crippen LogP contribution in [0, 0.1) is 0 Å². The summed E-state index contributed by atoms with van der Waals surface area (Å²) < 4.78 is 52.3. The van der Waals surface area contributed by atoms with E-state index in [0.717, 1.165) is 12.8 Å². The minimum atomic E-state index is -4.04. The Labute approximate surface area is 114 Å². The lowest BCUT2D eigenvalue weighted by Gasteiger charge is -2.28. The van der Waals surface area contributed by atoms with E-state index in [-0.39, 0.29) is 12.5 Å². The van der Waals surface area contributed by atoms with Gasteiger partial charge < -0.3 is 13.3 Å². The van der Waals surface area contributed by atoms with Gasteiger partial charge in [-0.2, -0.15) is 13.2 Å². The lowest BCUT2D eigenvalue weighted by Crippen LogP contribution is -2.45. The predicted molar refractivity (Wildman–Crippen MR) is 69.9 cm³/mol. The van der Waals surface area contributed by atoms with Crippen LogP contribution < -0.4 is 0 Å². The van der Waals surface area contributed by atoms with Crippen LogP contribution in [0.2, 0.25) is 6.04 Å². The molecule has 7 heteroatoms. The monoisotopic (exact) mass is 302 g/mol. The molecule has 3 nitrogen and oxygen atoms in total. The second-order valence-electron chi connectivity index (χ2n) is 4.79. The van der Waals surface area contributed by atoms with Crippen molar-refractivity contribution < 1.29 is 26.4 Å². The van der Waals surface area contributed by atoms with Gasteiger partial charge in [0.05, 0.1) is 0 Å². The standard InChI is InChI=1S/C12H25F3O3Si/c1-11(2)18-19(16-3,17-4)10-8-6-5-7-9-12(13,14)15/h11H,5-10H2,1-4H3. The summed E-state index contributed by atoms with van der Waals surface area (Å²) in [7, 11) is 0.489. The quantitative estimate of drug-likeness (QED) is 0.448. The third-order valence-electron chi connectivity index (χ3n) is 2.73. The third kappa shape index (κ3) is 9.42. The maximum atomic E-state index is 12.0. The number of alkyl halides is 3. The topological polar surface area (TPSA) is 27.7 Å². The van der Waals surface area contributed by atoms with Gasteiger partial charge in [0, 0.05) is 32.8 Å². The Morgan fingerprint density at radius 3 is 1.89 bits per heavy atom. The first-order valence-electron chi connectivity index (χ1n) is 6.59. The molecule has 0 bridgehead atoms. The molecule has 116 valence electrons. The van der Waals surface area contributed by atoms with Gasteiger partial charge in [0.25, 0.3) is 0 Å². The van der Waals surface area contributed by atoms with E-state index in [1.165, 1.54) is 0 Å². The molecule has 0 aliphatic carbocycles. The van der Waals surface area contributed by atoms with Crippen LogP contribution in [0.4, 0.5) is 13.2 Å². The predicted octanol–water partition coefficient (Wildman–Crippen LogP) is 4.16. The van der Waals surface area contributed by atoms with Gasteiger partial charge in [0.1, 0.15) is 0 Å². The number of halogens is 3. The number of rotatable bonds is 10. The fraction of sp³-hybridized carbons (Fsp3) is 1.00. The second-order valence-corrected chi connectivity index (χ2v) is 7.71. The van der Waals surface area contributed by atoms with Gasteiger partial charge >= 0.3 is 15.0 Å². The minimum Gasteiger partial charge on any atom is -0.377 e. The lowest BCUT2D eigenvalue weighted by atomic mass is 10.1. The maximum Gasteiger partial charge on any atom is 0.500 e. The summed E-state index contributed by atoms with van der Waals surface area (Å²) in [5, 5.41) is 0. The van der Waals surface area contributed by atoms with Crippen LogP contribution in [0.25, 0.3) is 0 Å². The average Bonchev–Trinajstić information content (AvgIpc) is 2.30. The molecule has 0 amide bonds. The van der Waals surface area contributed by atoms with Crippen LogP contribution in [0.5, 0.6) is 0 Å². The summed E-state index contributed by atoms with van der Waals surface area (Å²) in [6.07, 6.45) is -2.48. The zero-order valence-corrected chi connectivity index (χ0v) is 13.2. The van der Waals surface area contributed by atoms with Crippen molar-refractivity contribution in [3.63, 3.8) is 0 Å². The Bertz CT molecular complexity index is 231. The van der Waals surface area contributed by atoms with Gasteiger partial charge in [-0.1, -0.05) is 12.8 Å². The van der Waals surface area contributed by atoms with E-state index in [4.69, 9.17) is 13.3 Å². The molecule has 0 saturated carbocycles. The van der Waals surface area contributed by atoms with E-state index >= 15 is 0 Å². The molecule has 0 radical (unpaired) electrons. The van der Waals surface area contributed by atoms with Crippen molar-refractivity contribution in [2.75, 3.05) is 14.2 Å². The largest absolute Gasteiger partial charge is 0.500 e. The van der Waals surface area contributed by atoms with Crippen LogP contribution in [-0.4, -0.2) is 35.3 Å². The summed E-state index contributed by atoms with van der Waals surface area (Å²) in [6.45, 7) is 3.81. The zero-order chi connectivity index (χ0) is 14.9. The third-order valence-corrected chi connectivity index (χ3v) is 5.77. The zero-order valence-electron chi connectivity index (χ0n) is 12.2. The summed E-state index contributed by atoms with van der Waals surface area (Å²) in [4.78, 5) is 0. The lowest BCUT2D eigenvalue weighted by molar-refractivity contribution is -0.135. The fourth-order valence-electron chi connectivity index (χ4n) is 1.82. The molecule has 0 N–H and O–H groups in total. The molecular formula is C12H25F3O3Si. The van der Waals surface area contributed by atoms with Crippen LogP contribution in [0.3, 0.4) is 0 Å². The van der Waals surface area contributed by atoms with E-state index in [1.54, 1.807) is 14.2 Å². The van der Waals surface area contributed by atoms with E-state index in [2.05, 4.69) is 0 Å². The van der Waals surface area contributed by atoms with E-state index in [1.807, 2.05) is 13.8 Å². The van der Waals surface area contributed by atoms with Crippen molar-refractivity contribution in [1.82, 2.24) is 0 Å². The van der Waals surface area contributed by atoms with Crippen molar-refractivity contribution in [2.45, 2.75) is 64.3 Å². The van der Waals surface area contributed by atoms with Crippen molar-refractivity contribution >= 4 is 8.80 Å². The molecular weight excluding hydrogens is 277 g/mol. The van der Waals surface area contributed by atoms with Crippen molar-refractivity contribution in [1.29, 1.82) is 0 Å². The highest BCUT2D eigenvalue weighted by atomic mass is 28.4. The van der Waals surface area contributed by atoms with Crippen molar-refractivity contribution in [2.24, 2.45) is 0 Å². The smallest absolute Gasteiger partial charge is 0.377 e. The first-order chi connectivity index (χ1) is 8.74. The SMILES string of the molecule is CO[Si](CCCCCCC(F)(F)F)(OC)OC(C)C. The van der Waals surface area contributed by atoms with E-state index < -0.39 is 21.4 Å². The summed E-state index contributed by atoms with van der Waals surface area (Å²) in [5.74, 6) is 0. The summed E-state index contributed by atoms with van der Waals surface area (Å²) in [6, 6.07) is 0.643. The molecule has 19 heavy (non-hydrogen) atoms. The van der Waals surface area contributed by atoms with Crippen LogP contribution >= 0.6 is 0 Å². The highest BCUT2D eigenvalue weighted by Gasteiger charge is 2.39. The molecule has 0 saturated heterocycles. The maximum absolute atomic E-state index is 12.0. The first-order valence-corrected chi connectivity index (χ1v) is 8.53. The van der Waals surface area contributed by atoms with Crippen LogP contribution in [0.1, 0.15) is 46.0 Å². The summed E-state index contributed by atoms with van der Waals surface area (Å²) >= 11 is 0. The van der Waals surface area contributed by atoms with Crippen LogP contribution in [0.15, 0.2) is 0 Å². The molecule has 0 aromatic carbocycles. The minimum absolute atomic E-state index is 0.0109. The van der Waals surface area contributed by atoms with Gasteiger partial charge in [-0.05, 0) is 26.7 Å². The first kappa shape index (κ1) is 18.9. The van der Waals surface area contributed by atoms with Gasteiger partial charge in [0.15, 0.2) is 0 Å². The normalized spacial score (nSPS) is 13.3. The fourth-order valence-corrected chi connectivity index (χ4v) is 4.11. The number of hydrogen-bond acceptors (Lipinski definition) is 3. The number of hydrogen-bond donors (Lipinski definition) is 0. The average molecular weight is 302 g/mol. The second kappa shape index (κ2) is 8.94. The molecule has 0 atom stereocenters. The van der Waals surface area contributed by atoms with Gasteiger partial charge in [0.2, 0.25) is 0 Å². The van der Waals surface area contributed by atoms with Crippen molar-refractivity contribution in [3.05, 3.63) is 0 Å². The molecule has 0 aromatic rings. The number of unbranched alkanes of at least 4 members (excludes halogenated alkanes) is 3. The van der Waals surface area contributed by atoms with Crippen LogP contribution in [-0.2, 0) is 13.3 Å². The van der Waals surface area contributed by atoms with E-state index in [0.29, 0.717) is 12.5 Å². The molecule has 0 aliphatic rings. The Kier molecular flexibility index (Phi) is 8.89. The molecule has 0 spiro atoms. The van der Waals surface area contributed by atoms with Gasteiger partial charge in [-0.15, -0.1) is 0 Å². The molecule has 0 aromatic heterocycles. The molecule has 0 unspecified atom stereocenters. The molecule has 0 fully saturated rings. The van der Waals surface area contributed by atoms with Crippen molar-refractivity contribution in [3.8, 4) is 0 Å². The molecule has 0 heterocycles. The summed E-state index contributed by atoms with van der Waals surface area (Å²) in [5.41, 5.74) is 0. The van der Waals surface area contributed by atoms with E-state index in [9.17, 15) is 13.2 Å². The highest BCUT2D eigenvalue weighted by Crippen LogP contribution is 2.24. The Hall–Kier alpha value is -0.113. The molecule has 0 rings (SSSR count). The Morgan fingerprint density at radius 1 is 0.947 bits per heavy atom. The van der Waals surface area contributed by atoms with Gasteiger partial charge in [-0.3, -0.25) is 0 Å². The highest BCUT2D eigenvalue weighted by molar-refractivity contribution is 6.60. The Morgan fingerprint density at radius 2 is 1.47 bits per heavy atom. The van der Waals surface area contributed by atoms with Gasteiger partial charge in [-0.25, -0.2) is 0 Å². The molecule has 0 aliphatic heterocycles.